The van der Waals surface area contributed by atoms with Gasteiger partial charge in [-0.15, -0.1) is 5.10 Å². The van der Waals surface area contributed by atoms with E-state index < -0.39 is 0 Å². The highest BCUT2D eigenvalue weighted by molar-refractivity contribution is 5.87. The van der Waals surface area contributed by atoms with Gasteiger partial charge in [-0.3, -0.25) is 5.10 Å². The first-order valence-electron chi connectivity index (χ1n) is 9.72. The van der Waals surface area contributed by atoms with Gasteiger partial charge in [-0.2, -0.15) is 0 Å². The van der Waals surface area contributed by atoms with Gasteiger partial charge in [0, 0.05) is 6.54 Å². The maximum atomic E-state index is 5.33. The lowest BCUT2D eigenvalue weighted by Crippen LogP contribution is -2.38. The molecule has 0 amide bonds. The summed E-state index contributed by atoms with van der Waals surface area (Å²) in [6.45, 7) is 5.33. The molecule has 3 N–H and O–H groups in total. The number of rotatable bonds is 6. The van der Waals surface area contributed by atoms with Gasteiger partial charge in [0.2, 0.25) is 5.82 Å². The smallest absolute Gasteiger partial charge is 0.216 e. The number of hydrogen-bond acceptors (Lipinski definition) is 4. The monoisotopic (exact) mass is 388 g/mol. The second kappa shape index (κ2) is 8.60. The summed E-state index contributed by atoms with van der Waals surface area (Å²) in [5.41, 5.74) is 1.23. The molecule has 7 heteroatoms. The number of aromatic nitrogens is 3. The van der Waals surface area contributed by atoms with Crippen molar-refractivity contribution in [2.45, 2.75) is 26.4 Å². The second-order valence-corrected chi connectivity index (χ2v) is 6.71. The van der Waals surface area contributed by atoms with E-state index >= 15 is 0 Å². The van der Waals surface area contributed by atoms with E-state index in [1.54, 1.807) is 6.26 Å². The highest BCUT2D eigenvalue weighted by Gasteiger charge is 2.12. The minimum absolute atomic E-state index is 0.0901. The molecule has 0 spiro atoms. The molecule has 2 heterocycles. The first-order valence-corrected chi connectivity index (χ1v) is 9.72. The molecular formula is C22H24N6O. The van der Waals surface area contributed by atoms with Gasteiger partial charge in [0.15, 0.2) is 11.7 Å². The summed E-state index contributed by atoms with van der Waals surface area (Å²) in [6, 6.07) is 18.5. The maximum absolute atomic E-state index is 5.33. The van der Waals surface area contributed by atoms with E-state index in [9.17, 15) is 0 Å². The molecule has 0 aliphatic rings. The first-order chi connectivity index (χ1) is 14.2. The van der Waals surface area contributed by atoms with Crippen LogP contribution in [-0.2, 0) is 6.54 Å². The summed E-state index contributed by atoms with van der Waals surface area (Å²) in [5, 5.41) is 16.4. The molecule has 0 aliphatic heterocycles. The Labute approximate surface area is 169 Å². The lowest BCUT2D eigenvalue weighted by Gasteiger charge is -2.19. The van der Waals surface area contributed by atoms with Crippen molar-refractivity contribution < 1.29 is 4.42 Å². The number of fused-ring (bicyclic) bond motifs is 1. The number of aliphatic imine (C=N–C) groups is 1. The maximum Gasteiger partial charge on any atom is 0.216 e. The largest absolute Gasteiger partial charge is 0.461 e. The minimum atomic E-state index is 0.0901. The van der Waals surface area contributed by atoms with Crippen molar-refractivity contribution in [1.82, 2.24) is 25.8 Å². The van der Waals surface area contributed by atoms with Gasteiger partial charge >= 0.3 is 0 Å². The third-order valence-electron chi connectivity index (χ3n) is 4.65. The number of nitrogens with one attached hydrogen (secondary N) is 3. The van der Waals surface area contributed by atoms with Crippen molar-refractivity contribution >= 4 is 16.7 Å². The molecule has 4 aromatic rings. The second-order valence-electron chi connectivity index (χ2n) is 6.71. The molecule has 0 bridgehead atoms. The zero-order valence-corrected chi connectivity index (χ0v) is 16.5. The van der Waals surface area contributed by atoms with Crippen LogP contribution >= 0.6 is 0 Å². The number of furan rings is 1. The molecule has 1 unspecified atom stereocenters. The molecular weight excluding hydrogens is 364 g/mol. The Bertz CT molecular complexity index is 1090. The Morgan fingerprint density at radius 3 is 2.83 bits per heavy atom. The van der Waals surface area contributed by atoms with Crippen molar-refractivity contribution in [3.8, 4) is 11.6 Å². The highest BCUT2D eigenvalue weighted by atomic mass is 16.3. The Kier molecular flexibility index (Phi) is 5.56. The Balaban J connectivity index is 1.50. The molecule has 0 aliphatic carbocycles. The van der Waals surface area contributed by atoms with Crippen LogP contribution in [0.5, 0.6) is 0 Å². The molecule has 2 aromatic heterocycles. The van der Waals surface area contributed by atoms with Gasteiger partial charge in [-0.05, 0) is 42.3 Å². The van der Waals surface area contributed by atoms with Crippen LogP contribution in [0.1, 0.15) is 31.3 Å². The number of H-pyrrole nitrogens is 1. The van der Waals surface area contributed by atoms with E-state index in [1.807, 2.05) is 19.1 Å². The van der Waals surface area contributed by atoms with Crippen LogP contribution in [0.15, 0.2) is 70.3 Å². The third-order valence-corrected chi connectivity index (χ3v) is 4.65. The van der Waals surface area contributed by atoms with Crippen LogP contribution in [0.4, 0.5) is 0 Å². The van der Waals surface area contributed by atoms with Gasteiger partial charge in [-0.1, -0.05) is 42.5 Å². The summed E-state index contributed by atoms with van der Waals surface area (Å²) < 4.78 is 5.33. The van der Waals surface area contributed by atoms with Crippen molar-refractivity contribution in [3.05, 3.63) is 72.2 Å². The topological polar surface area (TPSA) is 91.1 Å². The van der Waals surface area contributed by atoms with Gasteiger partial charge < -0.3 is 15.1 Å². The number of aromatic amines is 1. The average Bonchev–Trinajstić information content (AvgIpc) is 3.43. The molecule has 7 nitrogen and oxygen atoms in total. The third kappa shape index (κ3) is 4.29. The van der Waals surface area contributed by atoms with Crippen LogP contribution in [0.3, 0.4) is 0 Å². The van der Waals surface area contributed by atoms with Crippen LogP contribution in [0.2, 0.25) is 0 Å². The zero-order valence-electron chi connectivity index (χ0n) is 16.5. The van der Waals surface area contributed by atoms with E-state index in [1.165, 1.54) is 16.3 Å². The van der Waals surface area contributed by atoms with Crippen LogP contribution in [-0.4, -0.2) is 27.7 Å². The molecule has 29 heavy (non-hydrogen) atoms. The fourth-order valence-corrected chi connectivity index (χ4v) is 3.27. The summed E-state index contributed by atoms with van der Waals surface area (Å²) in [7, 11) is 0. The summed E-state index contributed by atoms with van der Waals surface area (Å²) >= 11 is 0. The molecule has 2 aromatic carbocycles. The normalized spacial score (nSPS) is 12.8. The molecule has 4 rings (SSSR count). The van der Waals surface area contributed by atoms with Gasteiger partial charge in [0.05, 0.1) is 12.3 Å². The SMILES string of the molecule is CCNC(=NCc1nc(-c2ccco2)n[nH]1)NC(C)c1cccc2ccccc12. The average molecular weight is 388 g/mol. The summed E-state index contributed by atoms with van der Waals surface area (Å²) in [4.78, 5) is 9.09. The molecule has 1 atom stereocenters. The van der Waals surface area contributed by atoms with E-state index in [2.05, 4.69) is 80.2 Å². The Hall–Kier alpha value is -3.61. The highest BCUT2D eigenvalue weighted by Crippen LogP contribution is 2.24. The van der Waals surface area contributed by atoms with Crippen molar-refractivity contribution in [2.24, 2.45) is 4.99 Å². The fourth-order valence-electron chi connectivity index (χ4n) is 3.27. The van der Waals surface area contributed by atoms with Crippen molar-refractivity contribution in [3.63, 3.8) is 0 Å². The lowest BCUT2D eigenvalue weighted by molar-refractivity contribution is 0.577. The molecule has 148 valence electrons. The first kappa shape index (κ1) is 18.7. The minimum Gasteiger partial charge on any atom is -0.461 e. The molecule has 0 radical (unpaired) electrons. The fraction of sp³-hybridized carbons (Fsp3) is 0.227. The van der Waals surface area contributed by atoms with Gasteiger partial charge in [-0.25, -0.2) is 9.98 Å². The Morgan fingerprint density at radius 2 is 2.00 bits per heavy atom. The number of nitrogens with zero attached hydrogens (tertiary/aromatic N) is 3. The van der Waals surface area contributed by atoms with Gasteiger partial charge in [0.25, 0.3) is 0 Å². The van der Waals surface area contributed by atoms with Crippen LogP contribution < -0.4 is 10.6 Å². The number of hydrogen-bond donors (Lipinski definition) is 3. The van der Waals surface area contributed by atoms with Crippen LogP contribution in [0.25, 0.3) is 22.4 Å². The van der Waals surface area contributed by atoms with E-state index in [0.717, 1.165) is 12.5 Å². The van der Waals surface area contributed by atoms with Gasteiger partial charge in [0.1, 0.15) is 12.4 Å². The molecule has 0 saturated carbocycles. The molecule has 0 fully saturated rings. The predicted molar refractivity (Wildman–Crippen MR) is 114 cm³/mol. The van der Waals surface area contributed by atoms with Crippen molar-refractivity contribution in [2.75, 3.05) is 6.54 Å². The van der Waals surface area contributed by atoms with Crippen LogP contribution in [0, 0.1) is 0 Å². The zero-order chi connectivity index (χ0) is 20.1. The number of benzene rings is 2. The Morgan fingerprint density at radius 1 is 1.14 bits per heavy atom. The summed E-state index contributed by atoms with van der Waals surface area (Å²) in [5.74, 6) is 2.56. The van der Waals surface area contributed by atoms with E-state index in [4.69, 9.17) is 4.42 Å². The lowest BCUT2D eigenvalue weighted by atomic mass is 10.00. The van der Waals surface area contributed by atoms with E-state index in [0.29, 0.717) is 24.0 Å². The predicted octanol–water partition coefficient (Wildman–Crippen LogP) is 4.03. The van der Waals surface area contributed by atoms with Crippen molar-refractivity contribution in [1.29, 1.82) is 0 Å². The quantitative estimate of drug-likeness (QED) is 0.343. The molecule has 0 saturated heterocycles. The standard InChI is InChI=1S/C22H24N6O/c1-3-23-22(24-14-20-26-21(28-27-20)19-12-7-13-29-19)25-15(2)17-11-6-9-16-8-4-5-10-18(16)17/h4-13,15H,3,14H2,1-2H3,(H2,23,24,25)(H,26,27,28). The summed E-state index contributed by atoms with van der Waals surface area (Å²) in [6.07, 6.45) is 1.60. The number of guanidine groups is 1. The van der Waals surface area contributed by atoms with E-state index in [-0.39, 0.29) is 6.04 Å².